The van der Waals surface area contributed by atoms with Gasteiger partial charge in [-0.05, 0) is 0 Å². The number of phosphoric acid groups is 1. The summed E-state index contributed by atoms with van der Waals surface area (Å²) in [6.07, 6.45) is -5.21. The monoisotopic (exact) mass is 345 g/mol. The highest BCUT2D eigenvalue weighted by atomic mass is 31.2. The van der Waals surface area contributed by atoms with Gasteiger partial charge in [0.05, 0.1) is 0 Å². The van der Waals surface area contributed by atoms with Crippen LogP contribution in [0.4, 0.5) is 5.82 Å². The molecule has 0 aromatic carbocycles. The molecule has 2 aromatic heterocycles. The second-order valence-corrected chi connectivity index (χ2v) is 6.45. The van der Waals surface area contributed by atoms with Gasteiger partial charge >= 0.3 is 7.82 Å². The predicted octanol–water partition coefficient (Wildman–Crippen LogP) is -1.81. The van der Waals surface area contributed by atoms with Gasteiger partial charge in [0.1, 0.15) is 30.5 Å². The number of aliphatic hydroxyl groups is 2. The lowest BCUT2D eigenvalue weighted by Crippen LogP contribution is -2.35. The number of imidazole rings is 1. The lowest BCUT2D eigenvalue weighted by atomic mass is 10.1. The number of anilines is 1. The smallest absolute Gasteiger partial charge is 0.387 e. The minimum Gasteiger partial charge on any atom is -0.387 e. The highest BCUT2D eigenvalue weighted by molar-refractivity contribution is 7.46. The molecule has 2 aliphatic rings. The van der Waals surface area contributed by atoms with E-state index >= 15 is 0 Å². The maximum absolute atomic E-state index is 11.2. The Hall–Kier alpha value is -1.66. The molecule has 1 saturated heterocycles. The minimum atomic E-state index is -4.92. The molecule has 23 heavy (non-hydrogen) atoms. The van der Waals surface area contributed by atoms with E-state index in [1.807, 2.05) is 0 Å². The highest BCUT2D eigenvalue weighted by Crippen LogP contribution is 2.51. The summed E-state index contributed by atoms with van der Waals surface area (Å²) in [6, 6.07) is 0. The van der Waals surface area contributed by atoms with Crippen molar-refractivity contribution in [1.82, 2.24) is 19.5 Å². The Morgan fingerprint density at radius 3 is 2.74 bits per heavy atom. The van der Waals surface area contributed by atoms with E-state index in [9.17, 15) is 14.8 Å². The van der Waals surface area contributed by atoms with Gasteiger partial charge in [0.2, 0.25) is 0 Å². The third kappa shape index (κ3) is 2.08. The molecule has 1 fully saturated rings. The van der Waals surface area contributed by atoms with Crippen LogP contribution in [0.5, 0.6) is 0 Å². The van der Waals surface area contributed by atoms with E-state index in [0.29, 0.717) is 0 Å². The summed E-state index contributed by atoms with van der Waals surface area (Å²) in [5.74, 6) is 0.0881. The van der Waals surface area contributed by atoms with Gasteiger partial charge in [0, 0.05) is 0 Å². The van der Waals surface area contributed by atoms with Crippen molar-refractivity contribution in [3.63, 3.8) is 0 Å². The first-order chi connectivity index (χ1) is 10.8. The van der Waals surface area contributed by atoms with Crippen molar-refractivity contribution in [2.75, 3.05) is 5.73 Å². The summed E-state index contributed by atoms with van der Waals surface area (Å²) in [5.41, 5.74) is 6.10. The predicted molar refractivity (Wildman–Crippen MR) is 71.5 cm³/mol. The lowest BCUT2D eigenvalue weighted by molar-refractivity contribution is -0.111. The Morgan fingerprint density at radius 1 is 1.30 bits per heavy atom. The van der Waals surface area contributed by atoms with Crippen molar-refractivity contribution in [1.29, 1.82) is 0 Å². The Morgan fingerprint density at radius 2 is 2.04 bits per heavy atom. The zero-order valence-electron chi connectivity index (χ0n) is 11.3. The zero-order valence-corrected chi connectivity index (χ0v) is 12.2. The van der Waals surface area contributed by atoms with Crippen LogP contribution >= 0.6 is 7.82 Å². The number of nitrogen functional groups attached to an aromatic ring is 1. The summed E-state index contributed by atoms with van der Waals surface area (Å²) in [6.45, 7) is 0. The SMILES string of the molecule is Nc1ncnc2c1nc1n2C2O[C@H](C1OP(=O)(O)O)[C@@H](O)[C@H]2O. The van der Waals surface area contributed by atoms with E-state index < -0.39 is 38.5 Å². The fraction of sp³-hybridized carbons (Fsp3) is 0.500. The van der Waals surface area contributed by atoms with E-state index in [1.54, 1.807) is 0 Å². The molecule has 13 heteroatoms. The first kappa shape index (κ1) is 14.9. The average Bonchev–Trinajstić information content (AvgIpc) is 2.96. The number of nitrogens with two attached hydrogens (primary N) is 1. The van der Waals surface area contributed by atoms with Crippen molar-refractivity contribution in [2.45, 2.75) is 30.6 Å². The van der Waals surface area contributed by atoms with Gasteiger partial charge in [-0.15, -0.1) is 0 Å². The van der Waals surface area contributed by atoms with Crippen LogP contribution in [-0.2, 0) is 13.8 Å². The average molecular weight is 345 g/mol. The topological polar surface area (TPSA) is 186 Å². The second-order valence-electron chi connectivity index (χ2n) is 5.26. The van der Waals surface area contributed by atoms with Gasteiger partial charge in [-0.2, -0.15) is 0 Å². The highest BCUT2D eigenvalue weighted by Gasteiger charge is 2.56. The number of aromatic nitrogens is 4. The Labute approximate surface area is 127 Å². The molecular weight excluding hydrogens is 333 g/mol. The molecule has 2 aromatic rings. The molecule has 5 atom stereocenters. The molecule has 4 heterocycles. The quantitative estimate of drug-likeness (QED) is 0.386. The van der Waals surface area contributed by atoms with E-state index in [4.69, 9.17) is 24.8 Å². The van der Waals surface area contributed by atoms with Crippen LogP contribution in [0, 0.1) is 0 Å². The van der Waals surface area contributed by atoms with Crippen LogP contribution in [0.3, 0.4) is 0 Å². The number of rotatable bonds is 2. The van der Waals surface area contributed by atoms with Gasteiger partial charge < -0.3 is 30.5 Å². The number of phosphoric ester groups is 1. The van der Waals surface area contributed by atoms with Crippen LogP contribution in [0.15, 0.2) is 6.33 Å². The molecule has 4 rings (SSSR count). The number of nitrogens with zero attached hydrogens (tertiary/aromatic N) is 4. The fourth-order valence-corrected chi connectivity index (χ4v) is 3.46. The molecule has 0 saturated carbocycles. The van der Waals surface area contributed by atoms with Gasteiger partial charge in [0.15, 0.2) is 29.3 Å². The first-order valence-corrected chi connectivity index (χ1v) is 8.05. The van der Waals surface area contributed by atoms with E-state index in [2.05, 4.69) is 15.0 Å². The zero-order chi connectivity index (χ0) is 16.5. The second kappa shape index (κ2) is 4.68. The lowest BCUT2D eigenvalue weighted by Gasteiger charge is -2.30. The number of hydrogen-bond acceptors (Lipinski definition) is 9. The summed E-state index contributed by atoms with van der Waals surface area (Å²) >= 11 is 0. The largest absolute Gasteiger partial charge is 0.470 e. The standard InChI is InChI=1S/C10H12N5O7P/c11-7-2-8(13-1-12-7)15-9(14-2)6(22-23(18,19)20)5-3(16)4(17)10(15)21-5/h1,3-6,10,16-17H,(H2,11,12,13)(H2,18,19,20)/t3-,4+,5-,6?,10?/m0/s1. The van der Waals surface area contributed by atoms with Crippen LogP contribution in [0.1, 0.15) is 18.2 Å². The van der Waals surface area contributed by atoms with E-state index in [0.717, 1.165) is 0 Å². The Balaban J connectivity index is 1.96. The van der Waals surface area contributed by atoms with Gasteiger partial charge in [-0.1, -0.05) is 0 Å². The Bertz CT molecular complexity index is 836. The van der Waals surface area contributed by atoms with Crippen molar-refractivity contribution in [3.05, 3.63) is 12.2 Å². The molecule has 12 nitrogen and oxygen atoms in total. The molecule has 2 unspecified atom stereocenters. The van der Waals surface area contributed by atoms with Crippen molar-refractivity contribution in [2.24, 2.45) is 0 Å². The maximum atomic E-state index is 11.2. The van der Waals surface area contributed by atoms with Gasteiger partial charge in [0.25, 0.3) is 0 Å². The maximum Gasteiger partial charge on any atom is 0.470 e. The summed E-state index contributed by atoms with van der Waals surface area (Å²) < 4.78 is 22.7. The van der Waals surface area contributed by atoms with Crippen LogP contribution in [-0.4, -0.2) is 57.8 Å². The van der Waals surface area contributed by atoms with E-state index in [-0.39, 0.29) is 22.8 Å². The molecular formula is C10H12N5O7P. The molecule has 0 amide bonds. The molecule has 6 N–H and O–H groups in total. The summed E-state index contributed by atoms with van der Waals surface area (Å²) in [7, 11) is -4.92. The van der Waals surface area contributed by atoms with Crippen LogP contribution in [0.2, 0.25) is 0 Å². The third-order valence-corrected chi connectivity index (χ3v) is 4.37. The van der Waals surface area contributed by atoms with Crippen molar-refractivity contribution in [3.8, 4) is 0 Å². The molecule has 0 aliphatic carbocycles. The van der Waals surface area contributed by atoms with Crippen LogP contribution < -0.4 is 5.73 Å². The molecule has 0 spiro atoms. The normalized spacial score (nSPS) is 33.1. The summed E-state index contributed by atoms with van der Waals surface area (Å²) in [5, 5.41) is 20.2. The van der Waals surface area contributed by atoms with Gasteiger partial charge in [-0.25, -0.2) is 19.5 Å². The van der Waals surface area contributed by atoms with Crippen molar-refractivity contribution >= 4 is 24.8 Å². The molecule has 124 valence electrons. The third-order valence-electron chi connectivity index (χ3n) is 3.87. The number of ether oxygens (including phenoxy) is 1. The van der Waals surface area contributed by atoms with E-state index in [1.165, 1.54) is 10.9 Å². The molecule has 2 bridgehead atoms. The number of hydrogen-bond donors (Lipinski definition) is 5. The number of fused-ring (bicyclic) bond motifs is 6. The summed E-state index contributed by atoms with van der Waals surface area (Å²) in [4.78, 5) is 30.2. The van der Waals surface area contributed by atoms with Gasteiger partial charge in [-0.3, -0.25) is 9.09 Å². The number of aliphatic hydroxyl groups excluding tert-OH is 2. The minimum absolute atomic E-state index is 0.0346. The fourth-order valence-electron chi connectivity index (χ4n) is 2.95. The first-order valence-electron chi connectivity index (χ1n) is 6.52. The van der Waals surface area contributed by atoms with Crippen molar-refractivity contribution < 1.29 is 33.8 Å². The Kier molecular flexibility index (Phi) is 3.03. The molecule has 2 aliphatic heterocycles. The van der Waals surface area contributed by atoms with Crippen LogP contribution in [0.25, 0.3) is 11.2 Å². The molecule has 0 radical (unpaired) electrons.